The van der Waals surface area contributed by atoms with Crippen molar-refractivity contribution in [3.63, 3.8) is 0 Å². The Kier molecular flexibility index (Phi) is 4.62. The second kappa shape index (κ2) is 5.75. The molecule has 0 fully saturated rings. The lowest BCUT2D eigenvalue weighted by Gasteiger charge is -2.09. The molecule has 1 aromatic rings. The van der Waals surface area contributed by atoms with Crippen molar-refractivity contribution in [1.82, 2.24) is 4.98 Å². The molecule has 0 spiro atoms. The summed E-state index contributed by atoms with van der Waals surface area (Å²) in [7, 11) is 0. The Morgan fingerprint density at radius 3 is 3.00 bits per heavy atom. The molecule has 1 aromatic heterocycles. The highest BCUT2D eigenvalue weighted by molar-refractivity contribution is 7.99. The quantitative estimate of drug-likeness (QED) is 0.458. The number of amidine groups is 1. The smallest absolute Gasteiger partial charge is 0.125 e. The molecule has 0 bridgehead atoms. The number of nitrogens with one attached hydrogen (secondary N) is 1. The molecule has 4 heteroatoms. The minimum atomic E-state index is 0.0924. The van der Waals surface area contributed by atoms with Gasteiger partial charge in [0.1, 0.15) is 10.9 Å². The van der Waals surface area contributed by atoms with Crippen LogP contribution in [-0.4, -0.2) is 16.6 Å². The number of aromatic nitrogens is 1. The summed E-state index contributed by atoms with van der Waals surface area (Å²) < 4.78 is 0. The molecule has 0 saturated heterocycles. The highest BCUT2D eigenvalue weighted by Crippen LogP contribution is 2.22. The SMILES string of the molecule is CCC(C)CSc1ncccc1C(=N)N. The van der Waals surface area contributed by atoms with E-state index in [1.807, 2.05) is 12.1 Å². The van der Waals surface area contributed by atoms with Crippen LogP contribution in [-0.2, 0) is 0 Å². The first-order valence-corrected chi connectivity index (χ1v) is 6.06. The minimum Gasteiger partial charge on any atom is -0.384 e. The molecule has 82 valence electrons. The Balaban J connectivity index is 2.72. The van der Waals surface area contributed by atoms with Gasteiger partial charge in [-0.2, -0.15) is 0 Å². The van der Waals surface area contributed by atoms with Gasteiger partial charge >= 0.3 is 0 Å². The van der Waals surface area contributed by atoms with Crippen LogP contribution >= 0.6 is 11.8 Å². The first-order valence-electron chi connectivity index (χ1n) is 5.07. The Morgan fingerprint density at radius 1 is 1.67 bits per heavy atom. The van der Waals surface area contributed by atoms with Gasteiger partial charge in [-0.1, -0.05) is 20.3 Å². The molecule has 0 aliphatic heterocycles. The van der Waals surface area contributed by atoms with Gasteiger partial charge in [-0.25, -0.2) is 4.98 Å². The molecule has 0 radical (unpaired) electrons. The highest BCUT2D eigenvalue weighted by atomic mass is 32.2. The van der Waals surface area contributed by atoms with Crippen molar-refractivity contribution in [2.75, 3.05) is 5.75 Å². The second-order valence-electron chi connectivity index (χ2n) is 3.59. The lowest BCUT2D eigenvalue weighted by molar-refractivity contribution is 0.636. The van der Waals surface area contributed by atoms with Gasteiger partial charge in [0, 0.05) is 17.5 Å². The number of hydrogen-bond acceptors (Lipinski definition) is 3. The van der Waals surface area contributed by atoms with Crippen LogP contribution in [0.5, 0.6) is 0 Å². The first-order chi connectivity index (χ1) is 7.15. The molecule has 1 unspecified atom stereocenters. The normalized spacial score (nSPS) is 12.4. The van der Waals surface area contributed by atoms with Crippen LogP contribution in [0.1, 0.15) is 25.8 Å². The Morgan fingerprint density at radius 2 is 2.40 bits per heavy atom. The molecule has 1 atom stereocenters. The molecule has 15 heavy (non-hydrogen) atoms. The largest absolute Gasteiger partial charge is 0.384 e. The van der Waals surface area contributed by atoms with Gasteiger partial charge in [0.05, 0.1) is 0 Å². The summed E-state index contributed by atoms with van der Waals surface area (Å²) in [6.45, 7) is 4.39. The lowest BCUT2D eigenvalue weighted by Crippen LogP contribution is -2.13. The van der Waals surface area contributed by atoms with E-state index in [4.69, 9.17) is 11.1 Å². The summed E-state index contributed by atoms with van der Waals surface area (Å²) in [4.78, 5) is 4.25. The molecule has 0 aliphatic rings. The van der Waals surface area contributed by atoms with Crippen molar-refractivity contribution < 1.29 is 0 Å². The number of thioether (sulfide) groups is 1. The predicted octanol–water partition coefficient (Wildman–Crippen LogP) is 2.50. The van der Waals surface area contributed by atoms with Gasteiger partial charge in [-0.05, 0) is 18.1 Å². The molecule has 1 heterocycles. The third-order valence-corrected chi connectivity index (χ3v) is 3.60. The average molecular weight is 223 g/mol. The molecule has 3 nitrogen and oxygen atoms in total. The van der Waals surface area contributed by atoms with Crippen LogP contribution in [0.2, 0.25) is 0 Å². The van der Waals surface area contributed by atoms with Crippen molar-refractivity contribution in [3.05, 3.63) is 23.9 Å². The van der Waals surface area contributed by atoms with E-state index >= 15 is 0 Å². The summed E-state index contributed by atoms with van der Waals surface area (Å²) in [5, 5.41) is 8.30. The third kappa shape index (κ3) is 3.55. The van der Waals surface area contributed by atoms with Gasteiger partial charge < -0.3 is 5.73 Å². The van der Waals surface area contributed by atoms with Gasteiger partial charge in [0.25, 0.3) is 0 Å². The fraction of sp³-hybridized carbons (Fsp3) is 0.455. The van der Waals surface area contributed by atoms with E-state index in [0.717, 1.165) is 22.8 Å². The van der Waals surface area contributed by atoms with Crippen molar-refractivity contribution in [3.8, 4) is 0 Å². The summed E-state index contributed by atoms with van der Waals surface area (Å²) in [6.07, 6.45) is 2.90. The molecule has 0 saturated carbocycles. The first kappa shape index (κ1) is 12.0. The zero-order valence-corrected chi connectivity index (χ0v) is 9.97. The van der Waals surface area contributed by atoms with Crippen molar-refractivity contribution in [2.45, 2.75) is 25.3 Å². The standard InChI is InChI=1S/C11H17N3S/c1-3-8(2)7-15-11-9(10(12)13)5-4-6-14-11/h4-6,8H,3,7H2,1-2H3,(H3,12,13). The van der Waals surface area contributed by atoms with Crippen LogP contribution in [0, 0.1) is 11.3 Å². The van der Waals surface area contributed by atoms with Crippen LogP contribution in [0.15, 0.2) is 23.4 Å². The fourth-order valence-corrected chi connectivity index (χ4v) is 2.20. The molecule has 0 aliphatic carbocycles. The lowest BCUT2D eigenvalue weighted by atomic mass is 10.2. The predicted molar refractivity (Wildman–Crippen MR) is 65.4 cm³/mol. The number of nitrogens with two attached hydrogens (primary N) is 1. The van der Waals surface area contributed by atoms with Gasteiger partial charge in [0.2, 0.25) is 0 Å². The van der Waals surface area contributed by atoms with E-state index in [9.17, 15) is 0 Å². The van der Waals surface area contributed by atoms with Crippen LogP contribution < -0.4 is 5.73 Å². The monoisotopic (exact) mass is 223 g/mol. The van der Waals surface area contributed by atoms with Gasteiger partial charge in [-0.3, -0.25) is 5.41 Å². The zero-order valence-electron chi connectivity index (χ0n) is 9.16. The number of nitrogens with zero attached hydrogens (tertiary/aromatic N) is 1. The number of rotatable bonds is 5. The van der Waals surface area contributed by atoms with Gasteiger partial charge in [0.15, 0.2) is 0 Å². The van der Waals surface area contributed by atoms with Crippen LogP contribution in [0.25, 0.3) is 0 Å². The summed E-state index contributed by atoms with van der Waals surface area (Å²) in [5.74, 6) is 1.78. The van der Waals surface area contributed by atoms with E-state index in [0.29, 0.717) is 5.92 Å². The Hall–Kier alpha value is -1.03. The molecule has 0 aromatic carbocycles. The number of pyridine rings is 1. The van der Waals surface area contributed by atoms with E-state index in [-0.39, 0.29) is 5.84 Å². The Bertz CT molecular complexity index is 338. The molecule has 3 N–H and O–H groups in total. The average Bonchev–Trinajstić information content (AvgIpc) is 2.26. The number of nitrogen functional groups attached to an aromatic ring is 1. The Labute approximate surface area is 95.0 Å². The second-order valence-corrected chi connectivity index (χ2v) is 4.60. The summed E-state index contributed by atoms with van der Waals surface area (Å²) in [6, 6.07) is 3.65. The molecule has 1 rings (SSSR count). The maximum Gasteiger partial charge on any atom is 0.125 e. The topological polar surface area (TPSA) is 62.8 Å². The summed E-state index contributed by atoms with van der Waals surface area (Å²) >= 11 is 1.68. The maximum atomic E-state index is 7.43. The van der Waals surface area contributed by atoms with E-state index in [2.05, 4.69) is 18.8 Å². The zero-order chi connectivity index (χ0) is 11.3. The van der Waals surface area contributed by atoms with Crippen molar-refractivity contribution in [1.29, 1.82) is 5.41 Å². The van der Waals surface area contributed by atoms with Crippen LogP contribution in [0.3, 0.4) is 0 Å². The number of hydrogen-bond donors (Lipinski definition) is 2. The van der Waals surface area contributed by atoms with Crippen molar-refractivity contribution in [2.24, 2.45) is 11.7 Å². The molecular weight excluding hydrogens is 206 g/mol. The minimum absolute atomic E-state index is 0.0924. The maximum absolute atomic E-state index is 7.43. The van der Waals surface area contributed by atoms with Crippen LogP contribution in [0.4, 0.5) is 0 Å². The molecular formula is C11H17N3S. The fourth-order valence-electron chi connectivity index (χ4n) is 1.05. The van der Waals surface area contributed by atoms with E-state index < -0.39 is 0 Å². The van der Waals surface area contributed by atoms with E-state index in [1.54, 1.807) is 18.0 Å². The molecule has 0 amide bonds. The summed E-state index contributed by atoms with van der Waals surface area (Å²) in [5.41, 5.74) is 6.22. The van der Waals surface area contributed by atoms with Crippen molar-refractivity contribution >= 4 is 17.6 Å². The highest BCUT2D eigenvalue weighted by Gasteiger charge is 2.08. The van der Waals surface area contributed by atoms with Gasteiger partial charge in [-0.15, -0.1) is 11.8 Å². The third-order valence-electron chi connectivity index (χ3n) is 2.26. The van der Waals surface area contributed by atoms with E-state index in [1.165, 1.54) is 0 Å².